The number of aromatic nitrogens is 2. The maximum absolute atomic E-state index is 11.4. The van der Waals surface area contributed by atoms with E-state index in [1.165, 1.54) is 0 Å². The first-order chi connectivity index (χ1) is 7.51. The fraction of sp³-hybridized carbons (Fsp3) is 0.600. The molecule has 90 valence electrons. The van der Waals surface area contributed by atoms with Crippen LogP contribution in [-0.4, -0.2) is 21.8 Å². The molecule has 1 unspecified atom stereocenters. The van der Waals surface area contributed by atoms with Gasteiger partial charge in [-0.25, -0.2) is 5.84 Å². The van der Waals surface area contributed by atoms with Crippen LogP contribution in [0.3, 0.4) is 0 Å². The lowest BCUT2D eigenvalue weighted by molar-refractivity contribution is -0.128. The molecule has 0 aliphatic carbocycles. The van der Waals surface area contributed by atoms with E-state index in [4.69, 9.17) is 10.6 Å². The number of nitrogens with zero attached hydrogens (tertiary/aromatic N) is 2. The zero-order valence-corrected chi connectivity index (χ0v) is 10.1. The summed E-state index contributed by atoms with van der Waals surface area (Å²) in [6.45, 7) is 5.60. The third-order valence-corrected chi connectivity index (χ3v) is 2.51. The first-order valence-corrected chi connectivity index (χ1v) is 5.18. The molecule has 0 aliphatic rings. The number of nitrogens with two attached hydrogens (primary N) is 1. The number of hydrogen-bond acceptors (Lipinski definition) is 4. The molecule has 6 nitrogen and oxygen atoms in total. The molecular weight excluding hydrogens is 208 g/mol. The molecule has 1 heterocycles. The molecule has 1 rings (SSSR count). The molecule has 1 amide bonds. The lowest BCUT2D eigenvalue weighted by Gasteiger charge is -2.15. The molecule has 1 aromatic rings. The van der Waals surface area contributed by atoms with E-state index >= 15 is 0 Å². The van der Waals surface area contributed by atoms with E-state index in [0.29, 0.717) is 12.2 Å². The van der Waals surface area contributed by atoms with Crippen molar-refractivity contribution in [1.82, 2.24) is 15.2 Å². The van der Waals surface area contributed by atoms with Crippen LogP contribution in [0, 0.1) is 13.8 Å². The normalized spacial score (nSPS) is 12.3. The molecular formula is C10H18N4O2. The second-order valence-electron chi connectivity index (χ2n) is 3.65. The minimum absolute atomic E-state index is 0.329. The molecule has 16 heavy (non-hydrogen) atoms. The van der Waals surface area contributed by atoms with E-state index in [2.05, 4.69) is 10.5 Å². The zero-order valence-electron chi connectivity index (χ0n) is 10.1. The lowest BCUT2D eigenvalue weighted by Crippen LogP contribution is -2.41. The number of aryl methyl sites for hydroxylation is 2. The average Bonchev–Trinajstić information content (AvgIpc) is 2.50. The Morgan fingerprint density at radius 1 is 1.62 bits per heavy atom. The highest BCUT2D eigenvalue weighted by Crippen LogP contribution is 2.23. The average molecular weight is 226 g/mol. The summed E-state index contributed by atoms with van der Waals surface area (Å²) in [5, 5.41) is 4.21. The van der Waals surface area contributed by atoms with Crippen LogP contribution in [0.5, 0.6) is 5.75 Å². The summed E-state index contributed by atoms with van der Waals surface area (Å²) in [5.74, 6) is 5.41. The Labute approximate surface area is 94.7 Å². The number of hydrazine groups is 1. The fourth-order valence-electron chi connectivity index (χ4n) is 1.48. The fourth-order valence-corrected chi connectivity index (χ4v) is 1.48. The first kappa shape index (κ1) is 12.5. The van der Waals surface area contributed by atoms with Gasteiger partial charge in [0.15, 0.2) is 11.9 Å². The third-order valence-electron chi connectivity index (χ3n) is 2.51. The molecule has 0 bridgehead atoms. The second-order valence-corrected chi connectivity index (χ2v) is 3.65. The largest absolute Gasteiger partial charge is 0.477 e. The van der Waals surface area contributed by atoms with Crippen molar-refractivity contribution in [1.29, 1.82) is 0 Å². The van der Waals surface area contributed by atoms with Gasteiger partial charge >= 0.3 is 0 Å². The van der Waals surface area contributed by atoms with Crippen LogP contribution in [0.2, 0.25) is 0 Å². The molecule has 0 fully saturated rings. The summed E-state index contributed by atoms with van der Waals surface area (Å²) in [5.41, 5.74) is 3.75. The van der Waals surface area contributed by atoms with Crippen molar-refractivity contribution in [2.75, 3.05) is 0 Å². The lowest BCUT2D eigenvalue weighted by atomic mass is 10.2. The molecule has 0 aliphatic heterocycles. The van der Waals surface area contributed by atoms with Gasteiger partial charge in [-0.15, -0.1) is 0 Å². The number of rotatable bonds is 4. The van der Waals surface area contributed by atoms with Crippen molar-refractivity contribution in [2.24, 2.45) is 12.9 Å². The number of amides is 1. The quantitative estimate of drug-likeness (QED) is 0.436. The van der Waals surface area contributed by atoms with Crippen molar-refractivity contribution >= 4 is 5.91 Å². The van der Waals surface area contributed by atoms with Crippen LogP contribution in [0.4, 0.5) is 0 Å². The SMILES string of the molecule is CCC(Oc1c(C)nn(C)c1C)C(=O)NN. The number of hydrogen-bond donors (Lipinski definition) is 2. The third kappa shape index (κ3) is 2.33. The zero-order chi connectivity index (χ0) is 12.3. The molecule has 0 spiro atoms. The van der Waals surface area contributed by atoms with E-state index < -0.39 is 6.10 Å². The van der Waals surface area contributed by atoms with Crippen LogP contribution in [-0.2, 0) is 11.8 Å². The standard InChI is InChI=1S/C10H18N4O2/c1-5-8(10(15)12-11)16-9-6(2)13-14(4)7(9)3/h8H,5,11H2,1-4H3,(H,12,15). The smallest absolute Gasteiger partial charge is 0.274 e. The minimum atomic E-state index is -0.577. The number of ether oxygens (including phenoxy) is 1. The van der Waals surface area contributed by atoms with Gasteiger partial charge in [-0.1, -0.05) is 6.92 Å². The van der Waals surface area contributed by atoms with Crippen molar-refractivity contribution in [3.05, 3.63) is 11.4 Å². The van der Waals surface area contributed by atoms with Crippen LogP contribution >= 0.6 is 0 Å². The van der Waals surface area contributed by atoms with Gasteiger partial charge in [0.2, 0.25) is 0 Å². The van der Waals surface area contributed by atoms with Gasteiger partial charge in [0, 0.05) is 7.05 Å². The summed E-state index contributed by atoms with van der Waals surface area (Å²) in [6.07, 6.45) is -0.0248. The predicted octanol–water partition coefficient (Wildman–Crippen LogP) is 0.184. The van der Waals surface area contributed by atoms with Gasteiger partial charge in [0.05, 0.1) is 5.69 Å². The van der Waals surface area contributed by atoms with E-state index in [0.717, 1.165) is 11.4 Å². The van der Waals surface area contributed by atoms with Crippen molar-refractivity contribution in [3.8, 4) is 5.75 Å². The van der Waals surface area contributed by atoms with Gasteiger partial charge in [-0.2, -0.15) is 5.10 Å². The number of carbonyl (C=O) groups is 1. The topological polar surface area (TPSA) is 82.2 Å². The van der Waals surface area contributed by atoms with Crippen molar-refractivity contribution in [2.45, 2.75) is 33.3 Å². The number of carbonyl (C=O) groups excluding carboxylic acids is 1. The summed E-state index contributed by atoms with van der Waals surface area (Å²) in [4.78, 5) is 11.4. The highest BCUT2D eigenvalue weighted by molar-refractivity contribution is 5.80. The Hall–Kier alpha value is -1.56. The van der Waals surface area contributed by atoms with E-state index in [1.807, 2.05) is 27.8 Å². The van der Waals surface area contributed by atoms with Crippen LogP contribution in [0.15, 0.2) is 0 Å². The van der Waals surface area contributed by atoms with Gasteiger partial charge in [0.1, 0.15) is 5.69 Å². The van der Waals surface area contributed by atoms with Crippen LogP contribution < -0.4 is 16.0 Å². The Morgan fingerprint density at radius 2 is 2.25 bits per heavy atom. The Morgan fingerprint density at radius 3 is 2.62 bits per heavy atom. The molecule has 1 aromatic heterocycles. The minimum Gasteiger partial charge on any atom is -0.477 e. The summed E-state index contributed by atoms with van der Waals surface area (Å²) < 4.78 is 7.34. The number of nitrogens with one attached hydrogen (secondary N) is 1. The van der Waals surface area contributed by atoms with Gasteiger partial charge in [0.25, 0.3) is 5.91 Å². The Bertz CT molecular complexity index is 386. The highest BCUT2D eigenvalue weighted by atomic mass is 16.5. The first-order valence-electron chi connectivity index (χ1n) is 5.18. The maximum atomic E-state index is 11.4. The van der Waals surface area contributed by atoms with Crippen LogP contribution in [0.1, 0.15) is 24.7 Å². The Kier molecular flexibility index (Phi) is 3.89. The van der Waals surface area contributed by atoms with Crippen molar-refractivity contribution in [3.63, 3.8) is 0 Å². The monoisotopic (exact) mass is 226 g/mol. The maximum Gasteiger partial charge on any atom is 0.274 e. The predicted molar refractivity (Wildman–Crippen MR) is 59.7 cm³/mol. The summed E-state index contributed by atoms with van der Waals surface area (Å²) in [6, 6.07) is 0. The Balaban J connectivity index is 2.90. The van der Waals surface area contributed by atoms with Crippen LogP contribution in [0.25, 0.3) is 0 Å². The molecule has 0 aromatic carbocycles. The molecule has 6 heteroatoms. The van der Waals surface area contributed by atoms with Gasteiger partial charge < -0.3 is 4.74 Å². The molecule has 3 N–H and O–H groups in total. The second kappa shape index (κ2) is 4.98. The van der Waals surface area contributed by atoms with E-state index in [1.54, 1.807) is 4.68 Å². The van der Waals surface area contributed by atoms with E-state index in [9.17, 15) is 4.79 Å². The van der Waals surface area contributed by atoms with Gasteiger partial charge in [-0.05, 0) is 20.3 Å². The molecule has 0 saturated carbocycles. The molecule has 0 saturated heterocycles. The van der Waals surface area contributed by atoms with E-state index in [-0.39, 0.29) is 5.91 Å². The summed E-state index contributed by atoms with van der Waals surface area (Å²) in [7, 11) is 1.83. The van der Waals surface area contributed by atoms with Crippen molar-refractivity contribution < 1.29 is 9.53 Å². The molecule has 0 radical (unpaired) electrons. The summed E-state index contributed by atoms with van der Waals surface area (Å²) >= 11 is 0. The molecule has 1 atom stereocenters. The highest BCUT2D eigenvalue weighted by Gasteiger charge is 2.21. The van der Waals surface area contributed by atoms with Gasteiger partial charge in [-0.3, -0.25) is 14.9 Å².